The van der Waals surface area contributed by atoms with Crippen molar-refractivity contribution in [3.05, 3.63) is 90.0 Å². The fourth-order valence-corrected chi connectivity index (χ4v) is 2.53. The molecule has 27 heavy (non-hydrogen) atoms. The lowest BCUT2D eigenvalue weighted by Crippen LogP contribution is -2.12. The molecule has 4 heteroatoms. The minimum Gasteiger partial charge on any atom is -0.494 e. The highest BCUT2D eigenvalue weighted by Crippen LogP contribution is 2.19. The van der Waals surface area contributed by atoms with E-state index in [1.54, 1.807) is 12.1 Å². The Labute approximate surface area is 159 Å². The first-order valence-electron chi connectivity index (χ1n) is 9.05. The van der Waals surface area contributed by atoms with Crippen molar-refractivity contribution in [2.75, 3.05) is 11.9 Å². The molecule has 1 amide bonds. The first-order valence-corrected chi connectivity index (χ1v) is 9.05. The van der Waals surface area contributed by atoms with Crippen LogP contribution >= 0.6 is 0 Å². The number of hydrogen-bond donors (Lipinski definition) is 1. The van der Waals surface area contributed by atoms with Crippen LogP contribution in [0.4, 0.5) is 5.69 Å². The number of carbonyl (C=O) groups is 1. The molecule has 3 rings (SSSR count). The molecule has 0 saturated heterocycles. The van der Waals surface area contributed by atoms with Crippen LogP contribution in [0.2, 0.25) is 0 Å². The lowest BCUT2D eigenvalue weighted by atomic mass is 10.2. The average Bonchev–Trinajstić information content (AvgIpc) is 2.73. The third-order valence-electron chi connectivity index (χ3n) is 3.93. The molecule has 4 nitrogen and oxygen atoms in total. The van der Waals surface area contributed by atoms with E-state index in [0.717, 1.165) is 23.4 Å². The topological polar surface area (TPSA) is 47.6 Å². The van der Waals surface area contributed by atoms with Crippen LogP contribution in [0.3, 0.4) is 0 Å². The van der Waals surface area contributed by atoms with Crippen molar-refractivity contribution >= 4 is 11.6 Å². The van der Waals surface area contributed by atoms with E-state index in [1.165, 1.54) is 0 Å². The van der Waals surface area contributed by atoms with E-state index >= 15 is 0 Å². The van der Waals surface area contributed by atoms with Crippen LogP contribution in [0.1, 0.15) is 29.3 Å². The van der Waals surface area contributed by atoms with Crippen molar-refractivity contribution < 1.29 is 14.3 Å². The van der Waals surface area contributed by atoms with E-state index in [-0.39, 0.29) is 5.91 Å². The van der Waals surface area contributed by atoms with E-state index in [9.17, 15) is 4.79 Å². The lowest BCUT2D eigenvalue weighted by molar-refractivity contribution is 0.102. The maximum absolute atomic E-state index is 12.5. The Morgan fingerprint density at radius 3 is 2.37 bits per heavy atom. The molecule has 0 aromatic heterocycles. The van der Waals surface area contributed by atoms with Crippen LogP contribution in [0.25, 0.3) is 0 Å². The Morgan fingerprint density at radius 1 is 0.852 bits per heavy atom. The molecule has 1 N–H and O–H groups in total. The SMILES string of the molecule is CCCOc1ccc(NC(=O)c2cccc(OCc3ccccc3)c2)cc1. The molecule has 0 radical (unpaired) electrons. The van der Waals surface area contributed by atoms with Gasteiger partial charge in [-0.15, -0.1) is 0 Å². The van der Waals surface area contributed by atoms with Crippen LogP contribution in [0.15, 0.2) is 78.9 Å². The van der Waals surface area contributed by atoms with Crippen LogP contribution in [-0.2, 0) is 6.61 Å². The smallest absolute Gasteiger partial charge is 0.255 e. The van der Waals surface area contributed by atoms with E-state index in [1.807, 2.05) is 66.7 Å². The molecule has 0 unspecified atom stereocenters. The molecule has 3 aromatic rings. The Morgan fingerprint density at radius 2 is 1.63 bits per heavy atom. The Kier molecular flexibility index (Phi) is 6.47. The van der Waals surface area contributed by atoms with E-state index in [4.69, 9.17) is 9.47 Å². The number of anilines is 1. The third kappa shape index (κ3) is 5.61. The number of amides is 1. The predicted molar refractivity (Wildman–Crippen MR) is 107 cm³/mol. The van der Waals surface area contributed by atoms with Gasteiger partial charge >= 0.3 is 0 Å². The fraction of sp³-hybridized carbons (Fsp3) is 0.174. The summed E-state index contributed by atoms with van der Waals surface area (Å²) in [6.45, 7) is 3.21. The van der Waals surface area contributed by atoms with Crippen LogP contribution < -0.4 is 14.8 Å². The highest BCUT2D eigenvalue weighted by atomic mass is 16.5. The number of carbonyl (C=O) groups excluding carboxylic acids is 1. The van der Waals surface area contributed by atoms with Gasteiger partial charge in [-0.1, -0.05) is 43.3 Å². The number of hydrogen-bond acceptors (Lipinski definition) is 3. The Balaban J connectivity index is 1.59. The summed E-state index contributed by atoms with van der Waals surface area (Å²) in [4.78, 5) is 12.5. The summed E-state index contributed by atoms with van der Waals surface area (Å²) in [5.74, 6) is 1.28. The molecule has 138 valence electrons. The van der Waals surface area contributed by atoms with Gasteiger partial charge in [-0.05, 0) is 54.4 Å². The van der Waals surface area contributed by atoms with E-state index < -0.39 is 0 Å². The molecule has 0 spiro atoms. The van der Waals surface area contributed by atoms with Gasteiger partial charge in [0, 0.05) is 11.3 Å². The van der Waals surface area contributed by atoms with Crippen LogP contribution in [-0.4, -0.2) is 12.5 Å². The highest BCUT2D eigenvalue weighted by molar-refractivity contribution is 6.04. The normalized spacial score (nSPS) is 10.3. The van der Waals surface area contributed by atoms with Crippen LogP contribution in [0, 0.1) is 0 Å². The zero-order valence-electron chi connectivity index (χ0n) is 15.4. The molecule has 0 bridgehead atoms. The highest BCUT2D eigenvalue weighted by Gasteiger charge is 2.08. The van der Waals surface area contributed by atoms with Crippen molar-refractivity contribution in [1.29, 1.82) is 0 Å². The molecule has 0 saturated carbocycles. The van der Waals surface area contributed by atoms with Crippen molar-refractivity contribution in [2.45, 2.75) is 20.0 Å². The number of nitrogens with one attached hydrogen (secondary N) is 1. The molecule has 0 heterocycles. The summed E-state index contributed by atoms with van der Waals surface area (Å²) < 4.78 is 11.3. The average molecular weight is 361 g/mol. The maximum atomic E-state index is 12.5. The van der Waals surface area contributed by atoms with Gasteiger partial charge in [0.2, 0.25) is 0 Å². The monoisotopic (exact) mass is 361 g/mol. The van der Waals surface area contributed by atoms with E-state index in [2.05, 4.69) is 12.2 Å². The number of rotatable bonds is 8. The zero-order valence-corrected chi connectivity index (χ0v) is 15.4. The summed E-state index contributed by atoms with van der Waals surface area (Å²) in [6.07, 6.45) is 0.959. The Bertz CT molecular complexity index is 860. The molecular weight excluding hydrogens is 338 g/mol. The first kappa shape index (κ1) is 18.5. The number of ether oxygens (including phenoxy) is 2. The van der Waals surface area contributed by atoms with Gasteiger partial charge in [0.05, 0.1) is 6.61 Å². The second kappa shape index (κ2) is 9.43. The summed E-state index contributed by atoms with van der Waals surface area (Å²) in [7, 11) is 0. The van der Waals surface area contributed by atoms with Gasteiger partial charge in [0.1, 0.15) is 18.1 Å². The summed E-state index contributed by atoms with van der Waals surface area (Å²) in [5, 5.41) is 2.89. The second-order valence-corrected chi connectivity index (χ2v) is 6.13. The molecule has 0 atom stereocenters. The molecule has 0 aliphatic carbocycles. The van der Waals surface area contributed by atoms with Gasteiger partial charge in [-0.2, -0.15) is 0 Å². The largest absolute Gasteiger partial charge is 0.494 e. The van der Waals surface area contributed by atoms with Gasteiger partial charge in [0.25, 0.3) is 5.91 Å². The minimum atomic E-state index is -0.178. The zero-order chi connectivity index (χ0) is 18.9. The summed E-state index contributed by atoms with van der Waals surface area (Å²) in [6, 6.07) is 24.5. The van der Waals surface area contributed by atoms with Gasteiger partial charge in [-0.25, -0.2) is 0 Å². The maximum Gasteiger partial charge on any atom is 0.255 e. The molecule has 0 aliphatic rings. The molecular formula is C23H23NO3. The fourth-order valence-electron chi connectivity index (χ4n) is 2.53. The quantitative estimate of drug-likeness (QED) is 0.592. The standard InChI is InChI=1S/C23H23NO3/c1-2-15-26-21-13-11-20(12-14-21)24-23(25)19-9-6-10-22(16-19)27-17-18-7-4-3-5-8-18/h3-14,16H,2,15,17H2,1H3,(H,24,25). The van der Waals surface area contributed by atoms with Gasteiger partial charge < -0.3 is 14.8 Å². The van der Waals surface area contributed by atoms with Gasteiger partial charge in [-0.3, -0.25) is 4.79 Å². The summed E-state index contributed by atoms with van der Waals surface area (Å²) >= 11 is 0. The number of benzene rings is 3. The summed E-state index contributed by atoms with van der Waals surface area (Å²) in [5.41, 5.74) is 2.35. The van der Waals surface area contributed by atoms with Crippen LogP contribution in [0.5, 0.6) is 11.5 Å². The molecule has 0 fully saturated rings. The van der Waals surface area contributed by atoms with E-state index in [0.29, 0.717) is 24.5 Å². The molecule has 0 aliphatic heterocycles. The first-order chi connectivity index (χ1) is 13.2. The second-order valence-electron chi connectivity index (χ2n) is 6.13. The van der Waals surface area contributed by atoms with Gasteiger partial charge in [0.15, 0.2) is 0 Å². The predicted octanol–water partition coefficient (Wildman–Crippen LogP) is 5.31. The minimum absolute atomic E-state index is 0.178. The van der Waals surface area contributed by atoms with Crippen molar-refractivity contribution in [3.63, 3.8) is 0 Å². The van der Waals surface area contributed by atoms with Crippen molar-refractivity contribution in [3.8, 4) is 11.5 Å². The Hall–Kier alpha value is -3.27. The van der Waals surface area contributed by atoms with Crippen molar-refractivity contribution in [1.82, 2.24) is 0 Å². The van der Waals surface area contributed by atoms with Crippen molar-refractivity contribution in [2.24, 2.45) is 0 Å². The lowest BCUT2D eigenvalue weighted by Gasteiger charge is -2.10. The molecule has 3 aromatic carbocycles. The third-order valence-corrected chi connectivity index (χ3v) is 3.93.